The van der Waals surface area contributed by atoms with Crippen molar-refractivity contribution in [2.75, 3.05) is 32.8 Å². The quantitative estimate of drug-likeness (QED) is 0.823. The molecular formula is C22H28N2O2. The molecule has 0 saturated carbocycles. The minimum absolute atomic E-state index is 0.147. The Hall–Kier alpha value is -2.33. The smallest absolute Gasteiger partial charge is 0.253 e. The number of carbonyl (C=O) groups excluding carboxylic acids is 1. The van der Waals surface area contributed by atoms with E-state index in [4.69, 9.17) is 4.74 Å². The molecule has 0 aromatic heterocycles. The van der Waals surface area contributed by atoms with E-state index < -0.39 is 0 Å². The van der Waals surface area contributed by atoms with Crippen molar-refractivity contribution in [2.45, 2.75) is 27.3 Å². The topological polar surface area (TPSA) is 32.8 Å². The van der Waals surface area contributed by atoms with E-state index in [-0.39, 0.29) is 5.91 Å². The Labute approximate surface area is 156 Å². The molecule has 1 heterocycles. The number of hydrogen-bond acceptors (Lipinski definition) is 3. The van der Waals surface area contributed by atoms with E-state index in [2.05, 4.69) is 30.9 Å². The first-order valence-electron chi connectivity index (χ1n) is 9.37. The molecule has 4 heteroatoms. The van der Waals surface area contributed by atoms with Crippen LogP contribution in [0, 0.1) is 13.8 Å². The maximum atomic E-state index is 12.7. The van der Waals surface area contributed by atoms with Crippen molar-refractivity contribution in [1.82, 2.24) is 9.80 Å². The first-order valence-corrected chi connectivity index (χ1v) is 9.37. The number of ether oxygens (including phenoxy) is 1. The zero-order chi connectivity index (χ0) is 18.5. The van der Waals surface area contributed by atoms with Crippen molar-refractivity contribution in [2.24, 2.45) is 0 Å². The van der Waals surface area contributed by atoms with Gasteiger partial charge in [-0.3, -0.25) is 9.69 Å². The van der Waals surface area contributed by atoms with Gasteiger partial charge in [0.1, 0.15) is 5.75 Å². The van der Waals surface area contributed by atoms with E-state index >= 15 is 0 Å². The van der Waals surface area contributed by atoms with Gasteiger partial charge in [0.25, 0.3) is 5.91 Å². The largest absolute Gasteiger partial charge is 0.494 e. The van der Waals surface area contributed by atoms with Gasteiger partial charge < -0.3 is 9.64 Å². The van der Waals surface area contributed by atoms with Crippen LogP contribution in [0.3, 0.4) is 0 Å². The SMILES string of the molecule is CCOc1ccc(CN2CCN(C(=O)c3ccc(C)c(C)c3)CC2)cc1. The lowest BCUT2D eigenvalue weighted by molar-refractivity contribution is 0.0628. The number of rotatable bonds is 5. The van der Waals surface area contributed by atoms with Gasteiger partial charge in [0.15, 0.2) is 0 Å². The Kier molecular flexibility index (Phi) is 5.94. The molecule has 0 radical (unpaired) electrons. The van der Waals surface area contributed by atoms with E-state index in [0.29, 0.717) is 6.61 Å². The van der Waals surface area contributed by atoms with E-state index in [1.807, 2.05) is 42.2 Å². The summed E-state index contributed by atoms with van der Waals surface area (Å²) in [6.45, 7) is 11.1. The number of amides is 1. The number of nitrogens with zero attached hydrogens (tertiary/aromatic N) is 2. The predicted molar refractivity (Wildman–Crippen MR) is 105 cm³/mol. The molecule has 1 aliphatic heterocycles. The first-order chi connectivity index (χ1) is 12.6. The van der Waals surface area contributed by atoms with Crippen LogP contribution in [-0.2, 0) is 6.54 Å². The number of carbonyl (C=O) groups is 1. The second-order valence-corrected chi connectivity index (χ2v) is 6.94. The van der Waals surface area contributed by atoms with Gasteiger partial charge in [0, 0.05) is 38.3 Å². The molecule has 0 unspecified atom stereocenters. The molecule has 0 spiro atoms. The molecule has 0 N–H and O–H groups in total. The van der Waals surface area contributed by atoms with Gasteiger partial charge in [-0.25, -0.2) is 0 Å². The van der Waals surface area contributed by atoms with Crippen molar-refractivity contribution in [1.29, 1.82) is 0 Å². The fourth-order valence-electron chi connectivity index (χ4n) is 3.28. The highest BCUT2D eigenvalue weighted by atomic mass is 16.5. The fourth-order valence-corrected chi connectivity index (χ4v) is 3.28. The van der Waals surface area contributed by atoms with E-state index in [1.54, 1.807) is 0 Å². The fraction of sp³-hybridized carbons (Fsp3) is 0.409. The predicted octanol–water partition coefficient (Wildman–Crippen LogP) is 3.66. The summed E-state index contributed by atoms with van der Waals surface area (Å²) in [5.74, 6) is 1.06. The lowest BCUT2D eigenvalue weighted by Gasteiger charge is -2.35. The zero-order valence-electron chi connectivity index (χ0n) is 16.0. The molecule has 3 rings (SSSR count). The number of aryl methyl sites for hydroxylation is 2. The van der Waals surface area contributed by atoms with Crippen LogP contribution in [0.2, 0.25) is 0 Å². The minimum atomic E-state index is 0.147. The van der Waals surface area contributed by atoms with Gasteiger partial charge in [-0.2, -0.15) is 0 Å². The molecule has 1 aliphatic rings. The number of hydrogen-bond donors (Lipinski definition) is 0. The van der Waals surface area contributed by atoms with Gasteiger partial charge in [-0.1, -0.05) is 18.2 Å². The van der Waals surface area contributed by atoms with Crippen LogP contribution in [0.5, 0.6) is 5.75 Å². The van der Waals surface area contributed by atoms with Crippen LogP contribution in [0.1, 0.15) is 34.0 Å². The Balaban J connectivity index is 1.53. The van der Waals surface area contributed by atoms with Crippen LogP contribution in [0.15, 0.2) is 42.5 Å². The van der Waals surface area contributed by atoms with Crippen LogP contribution < -0.4 is 4.74 Å². The van der Waals surface area contributed by atoms with Gasteiger partial charge >= 0.3 is 0 Å². The molecule has 26 heavy (non-hydrogen) atoms. The molecule has 0 bridgehead atoms. The molecule has 1 fully saturated rings. The molecular weight excluding hydrogens is 324 g/mol. The van der Waals surface area contributed by atoms with Crippen molar-refractivity contribution in [3.63, 3.8) is 0 Å². The highest BCUT2D eigenvalue weighted by molar-refractivity contribution is 5.94. The third kappa shape index (κ3) is 4.44. The Morgan fingerprint density at radius 1 is 0.962 bits per heavy atom. The standard InChI is InChI=1S/C22H28N2O2/c1-4-26-21-9-6-19(7-10-21)16-23-11-13-24(14-12-23)22(25)20-8-5-17(2)18(3)15-20/h5-10,15H,4,11-14,16H2,1-3H3. The van der Waals surface area contributed by atoms with E-state index in [1.165, 1.54) is 16.7 Å². The summed E-state index contributed by atoms with van der Waals surface area (Å²) in [7, 11) is 0. The van der Waals surface area contributed by atoms with Crippen molar-refractivity contribution in [3.8, 4) is 5.75 Å². The monoisotopic (exact) mass is 352 g/mol. The first kappa shape index (κ1) is 18.5. The van der Waals surface area contributed by atoms with Crippen LogP contribution in [0.4, 0.5) is 0 Å². The van der Waals surface area contributed by atoms with Crippen LogP contribution in [-0.4, -0.2) is 48.5 Å². The van der Waals surface area contributed by atoms with Gasteiger partial charge in [0.05, 0.1) is 6.61 Å². The van der Waals surface area contributed by atoms with Crippen molar-refractivity contribution >= 4 is 5.91 Å². The summed E-state index contributed by atoms with van der Waals surface area (Å²) in [5.41, 5.74) is 4.47. The normalized spacial score (nSPS) is 15.1. The summed E-state index contributed by atoms with van der Waals surface area (Å²) in [5, 5.41) is 0. The molecule has 1 saturated heterocycles. The lowest BCUT2D eigenvalue weighted by atomic mass is 10.1. The second-order valence-electron chi connectivity index (χ2n) is 6.94. The lowest BCUT2D eigenvalue weighted by Crippen LogP contribution is -2.48. The summed E-state index contributed by atoms with van der Waals surface area (Å²) < 4.78 is 5.49. The molecule has 2 aromatic rings. The molecule has 138 valence electrons. The van der Waals surface area contributed by atoms with Crippen molar-refractivity contribution in [3.05, 3.63) is 64.7 Å². The Morgan fingerprint density at radius 3 is 2.27 bits per heavy atom. The molecule has 4 nitrogen and oxygen atoms in total. The zero-order valence-corrected chi connectivity index (χ0v) is 16.0. The van der Waals surface area contributed by atoms with E-state index in [0.717, 1.165) is 44.0 Å². The van der Waals surface area contributed by atoms with Gasteiger partial charge in [-0.15, -0.1) is 0 Å². The van der Waals surface area contributed by atoms with Gasteiger partial charge in [0.2, 0.25) is 0 Å². The summed E-state index contributed by atoms with van der Waals surface area (Å²) in [4.78, 5) is 17.1. The molecule has 0 atom stereocenters. The second kappa shape index (κ2) is 8.37. The minimum Gasteiger partial charge on any atom is -0.494 e. The molecule has 2 aromatic carbocycles. The highest BCUT2D eigenvalue weighted by Crippen LogP contribution is 2.16. The van der Waals surface area contributed by atoms with Crippen molar-refractivity contribution < 1.29 is 9.53 Å². The number of benzene rings is 2. The third-order valence-corrected chi connectivity index (χ3v) is 5.05. The Bertz CT molecular complexity index is 747. The summed E-state index contributed by atoms with van der Waals surface area (Å²) in [6.07, 6.45) is 0. The van der Waals surface area contributed by atoms with Gasteiger partial charge in [-0.05, 0) is 61.7 Å². The maximum Gasteiger partial charge on any atom is 0.253 e. The van der Waals surface area contributed by atoms with E-state index in [9.17, 15) is 4.79 Å². The summed E-state index contributed by atoms with van der Waals surface area (Å²) >= 11 is 0. The van der Waals surface area contributed by atoms with Crippen LogP contribution in [0.25, 0.3) is 0 Å². The highest BCUT2D eigenvalue weighted by Gasteiger charge is 2.22. The average Bonchev–Trinajstić information content (AvgIpc) is 2.66. The summed E-state index contributed by atoms with van der Waals surface area (Å²) in [6, 6.07) is 14.3. The maximum absolute atomic E-state index is 12.7. The molecule has 1 amide bonds. The van der Waals surface area contributed by atoms with Crippen LogP contribution >= 0.6 is 0 Å². The Morgan fingerprint density at radius 2 is 1.65 bits per heavy atom. The molecule has 0 aliphatic carbocycles. The average molecular weight is 352 g/mol. The third-order valence-electron chi connectivity index (χ3n) is 5.05. The number of piperazine rings is 1.